The molecule has 0 unspecified atom stereocenters. The third-order valence-electron chi connectivity index (χ3n) is 4.87. The lowest BCUT2D eigenvalue weighted by atomic mass is 10.1. The van der Waals surface area contributed by atoms with Crippen molar-refractivity contribution < 1.29 is 19.8 Å². The molecule has 2 aromatic carbocycles. The fraction of sp³-hybridized carbons (Fsp3) is 0.364. The monoisotopic (exact) mass is 416 g/mol. The minimum atomic E-state index is -1.82. The van der Waals surface area contributed by atoms with Crippen molar-refractivity contribution in [3.63, 3.8) is 0 Å². The predicted octanol–water partition coefficient (Wildman–Crippen LogP) is 3.19. The number of carbonyl (C=O) groups is 2. The van der Waals surface area contributed by atoms with Crippen LogP contribution in [0.2, 0.25) is 0 Å². The molecule has 0 radical (unpaired) electrons. The summed E-state index contributed by atoms with van der Waals surface area (Å²) in [5.74, 6) is -3.65. The van der Waals surface area contributed by atoms with Gasteiger partial charge in [0.1, 0.15) is 0 Å². The highest BCUT2D eigenvalue weighted by molar-refractivity contribution is 7.98. The molecule has 156 valence electrons. The summed E-state index contributed by atoms with van der Waals surface area (Å²) in [6.45, 7) is 9.03. The molecular formula is C22H28N2O4S. The van der Waals surface area contributed by atoms with Crippen molar-refractivity contribution in [3.8, 4) is 0 Å². The van der Waals surface area contributed by atoms with Crippen molar-refractivity contribution >= 4 is 23.7 Å². The largest absolute Gasteiger partial charge is 0.473 e. The second-order valence-corrected chi connectivity index (χ2v) is 7.82. The second kappa shape index (κ2) is 11.6. The average Bonchev–Trinajstić information content (AvgIpc) is 2.72. The van der Waals surface area contributed by atoms with Crippen LogP contribution in [0.15, 0.2) is 53.4 Å². The summed E-state index contributed by atoms with van der Waals surface area (Å²) in [6.07, 6.45) is 2.13. The van der Waals surface area contributed by atoms with Crippen molar-refractivity contribution in [3.05, 3.63) is 65.2 Å². The van der Waals surface area contributed by atoms with E-state index in [9.17, 15) is 0 Å². The fourth-order valence-electron chi connectivity index (χ4n) is 3.12. The van der Waals surface area contributed by atoms with Crippen molar-refractivity contribution in [1.82, 2.24) is 9.80 Å². The van der Waals surface area contributed by atoms with E-state index in [0.717, 1.165) is 39.3 Å². The minimum Gasteiger partial charge on any atom is -0.473 e. The van der Waals surface area contributed by atoms with Crippen molar-refractivity contribution in [1.29, 1.82) is 0 Å². The lowest BCUT2D eigenvalue weighted by molar-refractivity contribution is -0.159. The zero-order valence-corrected chi connectivity index (χ0v) is 17.7. The van der Waals surface area contributed by atoms with Crippen LogP contribution in [0, 0.1) is 6.92 Å². The van der Waals surface area contributed by atoms with Gasteiger partial charge in [-0.2, -0.15) is 0 Å². The maximum atomic E-state index is 9.10. The number of carboxylic acid groups (broad SMARTS) is 2. The van der Waals surface area contributed by atoms with Crippen LogP contribution in [0.3, 0.4) is 0 Å². The normalized spacial score (nSPS) is 14.7. The summed E-state index contributed by atoms with van der Waals surface area (Å²) in [5.41, 5.74) is 4.30. The van der Waals surface area contributed by atoms with Crippen molar-refractivity contribution in [2.75, 3.05) is 32.4 Å². The third-order valence-corrected chi connectivity index (χ3v) is 5.61. The summed E-state index contributed by atoms with van der Waals surface area (Å²) < 4.78 is 0. The van der Waals surface area contributed by atoms with Gasteiger partial charge in [0.2, 0.25) is 0 Å². The molecular weight excluding hydrogens is 388 g/mol. The van der Waals surface area contributed by atoms with E-state index < -0.39 is 11.9 Å². The molecule has 29 heavy (non-hydrogen) atoms. The Morgan fingerprint density at radius 1 is 0.862 bits per heavy atom. The Balaban J connectivity index is 0.000000438. The lowest BCUT2D eigenvalue weighted by Gasteiger charge is -2.35. The van der Waals surface area contributed by atoms with Crippen LogP contribution >= 0.6 is 11.8 Å². The number of nitrogens with zero attached hydrogens (tertiary/aromatic N) is 2. The molecule has 0 saturated carbocycles. The Labute approximate surface area is 176 Å². The molecule has 0 atom stereocenters. The van der Waals surface area contributed by atoms with Crippen LogP contribution in [0.25, 0.3) is 0 Å². The van der Waals surface area contributed by atoms with Crippen LogP contribution in [-0.2, 0) is 22.7 Å². The zero-order valence-electron chi connectivity index (χ0n) is 16.9. The Kier molecular flexibility index (Phi) is 9.18. The highest BCUT2D eigenvalue weighted by atomic mass is 32.2. The van der Waals surface area contributed by atoms with Gasteiger partial charge in [0.25, 0.3) is 0 Å². The highest BCUT2D eigenvalue weighted by Gasteiger charge is 2.17. The molecule has 0 amide bonds. The molecule has 1 aliphatic rings. The smallest absolute Gasteiger partial charge is 0.414 e. The van der Waals surface area contributed by atoms with Gasteiger partial charge in [-0.05, 0) is 42.0 Å². The molecule has 0 aliphatic carbocycles. The SMILES string of the molecule is CSc1ccc(CN2CCN(Cc3ccccc3C)CC2)cc1.O=C(O)C(=O)O. The number of benzene rings is 2. The van der Waals surface area contributed by atoms with Crippen LogP contribution < -0.4 is 0 Å². The molecule has 1 heterocycles. The lowest BCUT2D eigenvalue weighted by Crippen LogP contribution is -2.45. The summed E-state index contributed by atoms with van der Waals surface area (Å²) in [4.78, 5) is 24.7. The molecule has 1 saturated heterocycles. The van der Waals surface area contributed by atoms with Gasteiger partial charge >= 0.3 is 11.9 Å². The summed E-state index contributed by atoms with van der Waals surface area (Å²) in [5, 5.41) is 14.8. The maximum Gasteiger partial charge on any atom is 0.414 e. The maximum absolute atomic E-state index is 9.10. The van der Waals surface area contributed by atoms with Gasteiger partial charge in [0.15, 0.2) is 0 Å². The standard InChI is InChI=1S/C20H26N2S.C2H2O4/c1-17-5-3-4-6-19(17)16-22-13-11-21(12-14-22)15-18-7-9-20(23-2)10-8-18;3-1(4)2(5)6/h3-10H,11-16H2,1-2H3;(H,3,4)(H,5,6). The average molecular weight is 417 g/mol. The van der Waals surface area contributed by atoms with E-state index >= 15 is 0 Å². The van der Waals surface area contributed by atoms with Gasteiger partial charge in [-0.1, -0.05) is 36.4 Å². The number of thioether (sulfide) groups is 1. The number of hydrogen-bond acceptors (Lipinski definition) is 5. The fourth-order valence-corrected chi connectivity index (χ4v) is 3.53. The van der Waals surface area contributed by atoms with E-state index in [1.54, 1.807) is 11.8 Å². The summed E-state index contributed by atoms with van der Waals surface area (Å²) in [7, 11) is 0. The van der Waals surface area contributed by atoms with E-state index in [0.29, 0.717) is 0 Å². The predicted molar refractivity (Wildman–Crippen MR) is 115 cm³/mol. The molecule has 0 aromatic heterocycles. The van der Waals surface area contributed by atoms with E-state index in [1.165, 1.54) is 21.6 Å². The second-order valence-electron chi connectivity index (χ2n) is 6.94. The molecule has 2 N–H and O–H groups in total. The number of piperazine rings is 1. The molecule has 6 nitrogen and oxygen atoms in total. The zero-order chi connectivity index (χ0) is 21.2. The Hall–Kier alpha value is -2.35. The van der Waals surface area contributed by atoms with E-state index in [1.807, 2.05) is 0 Å². The number of rotatable bonds is 5. The number of aliphatic carboxylic acids is 2. The Morgan fingerprint density at radius 3 is 1.86 bits per heavy atom. The van der Waals surface area contributed by atoms with Gasteiger partial charge in [-0.3, -0.25) is 9.80 Å². The van der Waals surface area contributed by atoms with Crippen molar-refractivity contribution in [2.45, 2.75) is 24.9 Å². The number of aryl methyl sites for hydroxylation is 1. The van der Waals surface area contributed by atoms with Crippen LogP contribution in [0.4, 0.5) is 0 Å². The molecule has 1 fully saturated rings. The molecule has 0 spiro atoms. The number of carboxylic acids is 2. The highest BCUT2D eigenvalue weighted by Crippen LogP contribution is 2.17. The molecule has 0 bridgehead atoms. The summed E-state index contributed by atoms with van der Waals surface area (Å²) in [6, 6.07) is 17.7. The first-order valence-corrected chi connectivity index (χ1v) is 10.7. The van der Waals surface area contributed by atoms with Crippen LogP contribution in [0.1, 0.15) is 16.7 Å². The number of hydrogen-bond donors (Lipinski definition) is 2. The van der Waals surface area contributed by atoms with Gasteiger partial charge in [-0.25, -0.2) is 9.59 Å². The quantitative estimate of drug-likeness (QED) is 0.572. The third kappa shape index (κ3) is 7.89. The van der Waals surface area contributed by atoms with Crippen LogP contribution in [0.5, 0.6) is 0 Å². The van der Waals surface area contributed by atoms with Gasteiger partial charge in [0, 0.05) is 44.2 Å². The first kappa shape index (κ1) is 22.9. The van der Waals surface area contributed by atoms with Gasteiger partial charge in [0.05, 0.1) is 0 Å². The molecule has 1 aliphatic heterocycles. The first-order chi connectivity index (χ1) is 13.9. The minimum absolute atomic E-state index is 1.08. The molecule has 7 heteroatoms. The molecule has 2 aromatic rings. The van der Waals surface area contributed by atoms with E-state index in [2.05, 4.69) is 71.5 Å². The first-order valence-electron chi connectivity index (χ1n) is 9.47. The summed E-state index contributed by atoms with van der Waals surface area (Å²) >= 11 is 1.81. The van der Waals surface area contributed by atoms with Crippen molar-refractivity contribution in [2.24, 2.45) is 0 Å². The topological polar surface area (TPSA) is 81.1 Å². The Bertz CT molecular complexity index is 791. The van der Waals surface area contributed by atoms with E-state index in [-0.39, 0.29) is 0 Å². The van der Waals surface area contributed by atoms with E-state index in [4.69, 9.17) is 19.8 Å². The Morgan fingerprint density at radius 2 is 1.38 bits per heavy atom. The molecule has 3 rings (SSSR count). The van der Waals surface area contributed by atoms with Gasteiger partial charge < -0.3 is 10.2 Å². The van der Waals surface area contributed by atoms with Crippen LogP contribution in [-0.4, -0.2) is 64.4 Å². The van der Waals surface area contributed by atoms with Gasteiger partial charge in [-0.15, -0.1) is 11.8 Å².